The van der Waals surface area contributed by atoms with Gasteiger partial charge in [-0.05, 0) is 18.5 Å². The lowest BCUT2D eigenvalue weighted by Gasteiger charge is -2.10. The fourth-order valence-corrected chi connectivity index (χ4v) is 3.16. The van der Waals surface area contributed by atoms with E-state index in [1.807, 2.05) is 6.92 Å². The Labute approximate surface area is 98.9 Å². The van der Waals surface area contributed by atoms with Gasteiger partial charge in [-0.3, -0.25) is 0 Å². The Morgan fingerprint density at radius 2 is 2.25 bits per heavy atom. The number of hydrogen-bond acceptors (Lipinski definition) is 7. The van der Waals surface area contributed by atoms with Crippen molar-refractivity contribution < 1.29 is 13.2 Å². The molecular formula is C8H15N3O3S2. The molecule has 92 valence electrons. The van der Waals surface area contributed by atoms with E-state index in [1.54, 1.807) is 7.11 Å². The van der Waals surface area contributed by atoms with Gasteiger partial charge in [0.05, 0.1) is 6.10 Å². The minimum absolute atomic E-state index is 0.0178. The van der Waals surface area contributed by atoms with Crippen molar-refractivity contribution in [3.05, 3.63) is 0 Å². The number of nitrogens with one attached hydrogen (secondary N) is 1. The van der Waals surface area contributed by atoms with Gasteiger partial charge >= 0.3 is 0 Å². The molecule has 1 aromatic rings. The van der Waals surface area contributed by atoms with Crippen LogP contribution in [0.25, 0.3) is 0 Å². The van der Waals surface area contributed by atoms with Gasteiger partial charge in [-0.2, -0.15) is 4.37 Å². The van der Waals surface area contributed by atoms with Crippen molar-refractivity contribution in [2.45, 2.75) is 17.9 Å². The third-order valence-electron chi connectivity index (χ3n) is 2.00. The van der Waals surface area contributed by atoms with Crippen molar-refractivity contribution in [3.63, 3.8) is 0 Å². The summed E-state index contributed by atoms with van der Waals surface area (Å²) in [6.45, 7) is 2.37. The Bertz CT molecular complexity index is 455. The zero-order valence-corrected chi connectivity index (χ0v) is 11.0. The summed E-state index contributed by atoms with van der Waals surface area (Å²) in [6.07, 6.45) is 1.09. The number of ether oxygens (including phenoxy) is 1. The normalized spacial score (nSPS) is 13.7. The maximum atomic E-state index is 11.5. The smallest absolute Gasteiger partial charge is 0.182 e. The van der Waals surface area contributed by atoms with Gasteiger partial charge in [-0.1, -0.05) is 0 Å². The lowest BCUT2D eigenvalue weighted by molar-refractivity contribution is 0.129. The second-order valence-corrected chi connectivity index (χ2v) is 6.15. The number of anilines is 2. The molecule has 0 amide bonds. The molecule has 0 aliphatic carbocycles. The van der Waals surface area contributed by atoms with Crippen molar-refractivity contribution in [3.8, 4) is 0 Å². The number of hydrogen-bond donors (Lipinski definition) is 2. The average molecular weight is 265 g/mol. The molecule has 0 spiro atoms. The summed E-state index contributed by atoms with van der Waals surface area (Å²) in [4.78, 5) is 0.0702. The molecule has 0 bridgehead atoms. The monoisotopic (exact) mass is 265 g/mol. The summed E-state index contributed by atoms with van der Waals surface area (Å²) in [6, 6.07) is 0. The third-order valence-corrected chi connectivity index (χ3v) is 4.10. The first kappa shape index (κ1) is 13.2. The molecule has 8 heteroatoms. The van der Waals surface area contributed by atoms with Gasteiger partial charge in [0.2, 0.25) is 0 Å². The highest BCUT2D eigenvalue weighted by Gasteiger charge is 2.21. The van der Waals surface area contributed by atoms with E-state index in [1.165, 1.54) is 0 Å². The Hall–Kier alpha value is -0.860. The Balaban J connectivity index is 2.90. The number of rotatable bonds is 5. The van der Waals surface area contributed by atoms with E-state index in [2.05, 4.69) is 9.69 Å². The van der Waals surface area contributed by atoms with Crippen LogP contribution in [0.5, 0.6) is 0 Å². The Kier molecular flexibility index (Phi) is 4.11. The molecule has 1 unspecified atom stereocenters. The van der Waals surface area contributed by atoms with Crippen molar-refractivity contribution in [2.24, 2.45) is 0 Å². The van der Waals surface area contributed by atoms with Crippen LogP contribution < -0.4 is 11.1 Å². The highest BCUT2D eigenvalue weighted by Crippen LogP contribution is 2.31. The summed E-state index contributed by atoms with van der Waals surface area (Å²) in [5.74, 6) is 0.0417. The molecule has 16 heavy (non-hydrogen) atoms. The zero-order valence-electron chi connectivity index (χ0n) is 9.35. The maximum Gasteiger partial charge on any atom is 0.182 e. The first-order chi connectivity index (χ1) is 7.36. The topological polar surface area (TPSA) is 94.3 Å². The summed E-state index contributed by atoms with van der Waals surface area (Å²) < 4.78 is 31.8. The van der Waals surface area contributed by atoms with Gasteiger partial charge in [-0.25, -0.2) is 8.42 Å². The quantitative estimate of drug-likeness (QED) is 0.808. The van der Waals surface area contributed by atoms with Gasteiger partial charge in [-0.15, -0.1) is 0 Å². The van der Waals surface area contributed by atoms with Crippen LogP contribution in [0, 0.1) is 0 Å². The van der Waals surface area contributed by atoms with E-state index >= 15 is 0 Å². The van der Waals surface area contributed by atoms with Crippen LogP contribution in [0.3, 0.4) is 0 Å². The first-order valence-corrected chi connectivity index (χ1v) is 7.24. The van der Waals surface area contributed by atoms with E-state index in [0.717, 1.165) is 17.8 Å². The van der Waals surface area contributed by atoms with Crippen molar-refractivity contribution in [1.82, 2.24) is 4.37 Å². The standard InChI is InChI=1S/C8H15N3O3S2/c1-5(14-2)4-10-8-6(16(3,12)13)7(9)11-15-8/h5,10H,4H2,1-3H3,(H2,9,11). The molecule has 0 aliphatic rings. The van der Waals surface area contributed by atoms with Crippen LogP contribution in [-0.4, -0.2) is 38.8 Å². The van der Waals surface area contributed by atoms with Gasteiger partial charge < -0.3 is 15.8 Å². The average Bonchev–Trinajstić information content (AvgIpc) is 2.55. The lowest BCUT2D eigenvalue weighted by Crippen LogP contribution is -2.18. The molecule has 6 nitrogen and oxygen atoms in total. The van der Waals surface area contributed by atoms with Crippen molar-refractivity contribution in [2.75, 3.05) is 31.0 Å². The first-order valence-electron chi connectivity index (χ1n) is 4.58. The van der Waals surface area contributed by atoms with Crippen molar-refractivity contribution >= 4 is 32.2 Å². The highest BCUT2D eigenvalue weighted by molar-refractivity contribution is 7.91. The molecule has 0 aromatic carbocycles. The Morgan fingerprint density at radius 1 is 1.62 bits per heavy atom. The number of aromatic nitrogens is 1. The molecule has 0 saturated carbocycles. The minimum Gasteiger partial charge on any atom is -0.382 e. The Morgan fingerprint density at radius 3 is 2.75 bits per heavy atom. The van der Waals surface area contributed by atoms with E-state index in [4.69, 9.17) is 10.5 Å². The second-order valence-electron chi connectivity index (χ2n) is 3.43. The fourth-order valence-electron chi connectivity index (χ4n) is 1.08. The SMILES string of the molecule is COC(C)CNc1snc(N)c1S(C)(=O)=O. The van der Waals surface area contributed by atoms with Crippen LogP contribution in [0.2, 0.25) is 0 Å². The lowest BCUT2D eigenvalue weighted by atomic mass is 10.4. The molecule has 1 heterocycles. The molecule has 0 fully saturated rings. The number of sulfone groups is 1. The summed E-state index contributed by atoms with van der Waals surface area (Å²) in [7, 11) is -1.77. The number of methoxy groups -OCH3 is 1. The molecule has 0 radical (unpaired) electrons. The van der Waals surface area contributed by atoms with E-state index in [9.17, 15) is 8.42 Å². The molecule has 1 atom stereocenters. The predicted molar refractivity (Wildman–Crippen MR) is 64.6 cm³/mol. The third kappa shape index (κ3) is 3.06. The van der Waals surface area contributed by atoms with Crippen molar-refractivity contribution in [1.29, 1.82) is 0 Å². The predicted octanol–water partition coefficient (Wildman–Crippen LogP) is 0.576. The van der Waals surface area contributed by atoms with Crippen LogP contribution in [0.15, 0.2) is 4.90 Å². The number of nitrogens with two attached hydrogens (primary N) is 1. The number of nitrogens with zero attached hydrogens (tertiary/aromatic N) is 1. The maximum absolute atomic E-state index is 11.5. The van der Waals surface area contributed by atoms with Crippen LogP contribution in [-0.2, 0) is 14.6 Å². The largest absolute Gasteiger partial charge is 0.382 e. The molecule has 0 saturated heterocycles. The van der Waals surface area contributed by atoms with Crippen LogP contribution in [0.4, 0.5) is 10.8 Å². The van der Waals surface area contributed by atoms with Crippen LogP contribution in [0.1, 0.15) is 6.92 Å². The molecule has 3 N–H and O–H groups in total. The molecule has 1 aromatic heterocycles. The minimum atomic E-state index is -3.36. The van der Waals surface area contributed by atoms with E-state index in [-0.39, 0.29) is 16.8 Å². The second kappa shape index (κ2) is 4.98. The van der Waals surface area contributed by atoms with E-state index in [0.29, 0.717) is 11.5 Å². The van der Waals surface area contributed by atoms with Gasteiger partial charge in [0.15, 0.2) is 15.7 Å². The highest BCUT2D eigenvalue weighted by atomic mass is 32.2. The van der Waals surface area contributed by atoms with Gasteiger partial charge in [0.25, 0.3) is 0 Å². The van der Waals surface area contributed by atoms with Gasteiger partial charge in [0.1, 0.15) is 9.90 Å². The summed E-state index contributed by atoms with van der Waals surface area (Å²) in [5.41, 5.74) is 5.52. The van der Waals surface area contributed by atoms with Crippen LogP contribution >= 0.6 is 11.5 Å². The molecule has 1 rings (SSSR count). The molecule has 0 aliphatic heterocycles. The van der Waals surface area contributed by atoms with Gasteiger partial charge in [0, 0.05) is 19.9 Å². The van der Waals surface area contributed by atoms with E-state index < -0.39 is 9.84 Å². The molecular weight excluding hydrogens is 250 g/mol. The summed E-state index contributed by atoms with van der Waals surface area (Å²) in [5, 5.41) is 3.43. The fraction of sp³-hybridized carbons (Fsp3) is 0.625. The zero-order chi connectivity index (χ0) is 12.3. The number of nitrogen functional groups attached to an aromatic ring is 1. The summed E-state index contributed by atoms with van der Waals surface area (Å²) >= 11 is 1.03.